The lowest BCUT2D eigenvalue weighted by Crippen LogP contribution is -2.27. The Hall–Kier alpha value is -3.41. The summed E-state index contributed by atoms with van der Waals surface area (Å²) in [6.45, 7) is 2.49. The van der Waals surface area contributed by atoms with E-state index >= 15 is 0 Å². The molecule has 138 valence electrons. The van der Waals surface area contributed by atoms with E-state index in [9.17, 15) is 4.79 Å². The number of nitrogens with one attached hydrogen (secondary N) is 2. The monoisotopic (exact) mass is 362 g/mol. The Morgan fingerprint density at radius 2 is 1.74 bits per heavy atom. The van der Waals surface area contributed by atoms with Crippen LogP contribution in [-0.2, 0) is 6.54 Å². The van der Waals surface area contributed by atoms with Gasteiger partial charge in [0.15, 0.2) is 5.69 Å². The van der Waals surface area contributed by atoms with Gasteiger partial charge in [-0.3, -0.25) is 4.79 Å². The molecule has 0 aliphatic heterocycles. The number of methoxy groups -OCH3 is 1. The van der Waals surface area contributed by atoms with E-state index in [-0.39, 0.29) is 17.6 Å². The first-order valence-electron chi connectivity index (χ1n) is 8.72. The third-order valence-corrected chi connectivity index (χ3v) is 4.20. The van der Waals surface area contributed by atoms with E-state index in [0.29, 0.717) is 12.4 Å². The van der Waals surface area contributed by atoms with Gasteiger partial charge in [0.05, 0.1) is 13.2 Å². The third kappa shape index (κ3) is 4.82. The van der Waals surface area contributed by atoms with Crippen molar-refractivity contribution < 1.29 is 9.53 Å². The molecule has 0 fully saturated rings. The van der Waals surface area contributed by atoms with Crippen molar-refractivity contribution in [3.8, 4) is 5.75 Å². The maximum absolute atomic E-state index is 12.4. The molecule has 0 spiro atoms. The van der Waals surface area contributed by atoms with Crippen molar-refractivity contribution in [1.29, 1.82) is 0 Å². The summed E-state index contributed by atoms with van der Waals surface area (Å²) in [4.78, 5) is 12.4. The highest BCUT2D eigenvalue weighted by atomic mass is 16.5. The maximum Gasteiger partial charge on any atom is 0.272 e. The molecule has 1 amide bonds. The second-order valence-corrected chi connectivity index (χ2v) is 6.08. The van der Waals surface area contributed by atoms with Gasteiger partial charge in [-0.05, 0) is 30.7 Å². The van der Waals surface area contributed by atoms with Crippen molar-refractivity contribution in [3.63, 3.8) is 0 Å². The number of nitrogens with zero attached hydrogens (tertiary/aromatic N) is 2. The van der Waals surface area contributed by atoms with E-state index in [1.165, 1.54) is 0 Å². The summed E-state index contributed by atoms with van der Waals surface area (Å²) in [6.07, 6.45) is 0. The van der Waals surface area contributed by atoms with Crippen LogP contribution >= 0.6 is 0 Å². The van der Waals surface area contributed by atoms with E-state index in [2.05, 4.69) is 20.8 Å². The van der Waals surface area contributed by atoms with Crippen LogP contribution in [0.3, 0.4) is 0 Å². The highest BCUT2D eigenvalue weighted by Gasteiger charge is 2.13. The normalized spacial score (nSPS) is 11.5. The number of anilines is 1. The van der Waals surface area contributed by atoms with Crippen molar-refractivity contribution >= 4 is 11.7 Å². The Labute approximate surface area is 158 Å². The fraction of sp³-hybridized carbons (Fsp3) is 0.190. The minimum absolute atomic E-state index is 0.108. The van der Waals surface area contributed by atoms with Crippen LogP contribution < -0.4 is 15.4 Å². The number of amides is 1. The molecule has 6 heteroatoms. The predicted molar refractivity (Wildman–Crippen MR) is 105 cm³/mol. The van der Waals surface area contributed by atoms with E-state index in [1.54, 1.807) is 19.2 Å². The molecule has 27 heavy (non-hydrogen) atoms. The average molecular weight is 362 g/mol. The first kappa shape index (κ1) is 18.4. The van der Waals surface area contributed by atoms with E-state index in [1.807, 2.05) is 61.5 Å². The fourth-order valence-electron chi connectivity index (χ4n) is 2.68. The van der Waals surface area contributed by atoms with Gasteiger partial charge in [0.25, 0.3) is 5.91 Å². The van der Waals surface area contributed by atoms with Crippen LogP contribution in [0.25, 0.3) is 0 Å². The molecule has 0 aliphatic carbocycles. The van der Waals surface area contributed by atoms with Gasteiger partial charge in [0, 0.05) is 12.1 Å². The molecule has 3 aromatic rings. The molecule has 0 saturated carbocycles. The lowest BCUT2D eigenvalue weighted by Gasteiger charge is -2.14. The van der Waals surface area contributed by atoms with Crippen LogP contribution in [0.5, 0.6) is 5.75 Å². The summed E-state index contributed by atoms with van der Waals surface area (Å²) in [7, 11) is 1.64. The summed E-state index contributed by atoms with van der Waals surface area (Å²) >= 11 is 0. The van der Waals surface area contributed by atoms with Crippen LogP contribution in [-0.4, -0.2) is 23.2 Å². The average Bonchev–Trinajstić information content (AvgIpc) is 2.73. The number of ether oxygens (including phenoxy) is 1. The lowest BCUT2D eigenvalue weighted by molar-refractivity contribution is 0.0934. The maximum atomic E-state index is 12.4. The molecule has 1 unspecified atom stereocenters. The Balaban J connectivity index is 1.59. The van der Waals surface area contributed by atoms with Gasteiger partial charge in [-0.25, -0.2) is 0 Å². The number of aromatic nitrogens is 2. The molecule has 6 nitrogen and oxygen atoms in total. The number of carbonyl (C=O) groups is 1. The topological polar surface area (TPSA) is 76.1 Å². The van der Waals surface area contributed by atoms with Crippen LogP contribution in [0.4, 0.5) is 5.82 Å². The Kier molecular flexibility index (Phi) is 5.99. The molecule has 1 heterocycles. The smallest absolute Gasteiger partial charge is 0.272 e. The zero-order chi connectivity index (χ0) is 19.1. The molecular weight excluding hydrogens is 340 g/mol. The molecule has 0 aliphatic rings. The highest BCUT2D eigenvalue weighted by Crippen LogP contribution is 2.18. The largest absolute Gasteiger partial charge is 0.496 e. The molecule has 0 saturated heterocycles. The second-order valence-electron chi connectivity index (χ2n) is 6.08. The van der Waals surface area contributed by atoms with Crippen LogP contribution in [0.2, 0.25) is 0 Å². The molecule has 2 N–H and O–H groups in total. The summed E-state index contributed by atoms with van der Waals surface area (Å²) < 4.78 is 5.33. The molecule has 0 radical (unpaired) electrons. The first-order valence-corrected chi connectivity index (χ1v) is 8.72. The number of hydrogen-bond donors (Lipinski definition) is 2. The van der Waals surface area contributed by atoms with E-state index in [0.717, 1.165) is 16.9 Å². The summed E-state index contributed by atoms with van der Waals surface area (Å²) in [5, 5.41) is 14.2. The molecular formula is C21H22N4O2. The summed E-state index contributed by atoms with van der Waals surface area (Å²) in [5.74, 6) is 1.15. The van der Waals surface area contributed by atoms with Crippen LogP contribution in [0.15, 0.2) is 66.7 Å². The number of rotatable bonds is 7. The van der Waals surface area contributed by atoms with Crippen LogP contribution in [0, 0.1) is 0 Å². The Bertz CT molecular complexity index is 882. The van der Waals surface area contributed by atoms with Gasteiger partial charge in [0.2, 0.25) is 0 Å². The van der Waals surface area contributed by atoms with Crippen molar-refractivity contribution in [2.75, 3.05) is 12.4 Å². The van der Waals surface area contributed by atoms with Gasteiger partial charge >= 0.3 is 0 Å². The Morgan fingerprint density at radius 3 is 2.44 bits per heavy atom. The zero-order valence-electron chi connectivity index (χ0n) is 15.3. The number of para-hydroxylation sites is 1. The second kappa shape index (κ2) is 8.80. The van der Waals surface area contributed by atoms with Crippen molar-refractivity contribution in [1.82, 2.24) is 15.5 Å². The van der Waals surface area contributed by atoms with Gasteiger partial charge < -0.3 is 15.4 Å². The number of hydrogen-bond acceptors (Lipinski definition) is 5. The number of benzene rings is 2. The van der Waals surface area contributed by atoms with Crippen molar-refractivity contribution in [2.45, 2.75) is 19.5 Å². The minimum Gasteiger partial charge on any atom is -0.496 e. The van der Waals surface area contributed by atoms with Crippen LogP contribution in [0.1, 0.15) is 34.6 Å². The standard InChI is InChI=1S/C21H22N4O2/c1-15(16-8-4-3-5-9-16)23-21(26)18-12-13-20(25-24-18)22-14-17-10-6-7-11-19(17)27-2/h3-13,15H,14H2,1-2H3,(H,22,25)(H,23,26). The quantitative estimate of drug-likeness (QED) is 0.672. The predicted octanol–water partition coefficient (Wildman–Crippen LogP) is 3.59. The first-order chi connectivity index (χ1) is 13.2. The molecule has 1 atom stereocenters. The number of carbonyl (C=O) groups excluding carboxylic acids is 1. The molecule has 0 bridgehead atoms. The molecule has 1 aromatic heterocycles. The molecule has 2 aromatic carbocycles. The van der Waals surface area contributed by atoms with E-state index in [4.69, 9.17) is 4.74 Å². The highest BCUT2D eigenvalue weighted by molar-refractivity contribution is 5.92. The third-order valence-electron chi connectivity index (χ3n) is 4.20. The van der Waals surface area contributed by atoms with Gasteiger partial charge in [-0.2, -0.15) is 0 Å². The minimum atomic E-state index is -0.255. The molecule has 3 rings (SSSR count). The SMILES string of the molecule is COc1ccccc1CNc1ccc(C(=O)NC(C)c2ccccc2)nn1. The van der Waals surface area contributed by atoms with Gasteiger partial charge in [-0.15, -0.1) is 10.2 Å². The lowest BCUT2D eigenvalue weighted by atomic mass is 10.1. The zero-order valence-corrected chi connectivity index (χ0v) is 15.3. The van der Waals surface area contributed by atoms with E-state index < -0.39 is 0 Å². The van der Waals surface area contributed by atoms with Crippen molar-refractivity contribution in [3.05, 3.63) is 83.6 Å². The van der Waals surface area contributed by atoms with Crippen molar-refractivity contribution in [2.24, 2.45) is 0 Å². The van der Waals surface area contributed by atoms with Gasteiger partial charge in [0.1, 0.15) is 11.6 Å². The van der Waals surface area contributed by atoms with Gasteiger partial charge in [-0.1, -0.05) is 48.5 Å². The Morgan fingerprint density at radius 1 is 1.00 bits per heavy atom. The summed E-state index contributed by atoms with van der Waals surface area (Å²) in [6, 6.07) is 20.8. The summed E-state index contributed by atoms with van der Waals surface area (Å²) in [5.41, 5.74) is 2.33. The fourth-order valence-corrected chi connectivity index (χ4v) is 2.68.